The highest BCUT2D eigenvalue weighted by molar-refractivity contribution is 6.34. The number of fused-ring (bicyclic) bond motifs is 5. The minimum atomic E-state index is -0.566. The zero-order valence-electron chi connectivity index (χ0n) is 14.0. The Labute approximate surface area is 161 Å². The Balaban J connectivity index is 2.04. The van der Waals surface area contributed by atoms with Crippen molar-refractivity contribution in [3.05, 3.63) is 63.4 Å². The summed E-state index contributed by atoms with van der Waals surface area (Å²) >= 11 is 6.36. The second kappa shape index (κ2) is 5.77. The lowest BCUT2D eigenvalue weighted by atomic mass is 9.98. The summed E-state index contributed by atoms with van der Waals surface area (Å²) in [6, 6.07) is 13.5. The molecule has 2 aromatic carbocycles. The van der Waals surface area contributed by atoms with E-state index in [1.807, 2.05) is 6.07 Å². The molecule has 0 aliphatic heterocycles. The third kappa shape index (κ3) is 2.17. The second-order valence-corrected chi connectivity index (χ2v) is 6.54. The van der Waals surface area contributed by atoms with E-state index in [1.165, 1.54) is 16.6 Å². The molecule has 3 aromatic heterocycles. The van der Waals surface area contributed by atoms with Crippen molar-refractivity contribution < 1.29 is 5.11 Å². The molecule has 0 aliphatic carbocycles. The molecule has 5 rings (SSSR count). The molecule has 0 saturated carbocycles. The first-order valence-electron chi connectivity index (χ1n) is 8.17. The number of nitrogens with zero attached hydrogens (tertiary/aromatic N) is 5. The zero-order chi connectivity index (χ0) is 19.4. The monoisotopic (exact) mass is 388 g/mol. The molecule has 0 fully saturated rings. The average Bonchev–Trinajstić information content (AvgIpc) is 3.05. The fraction of sp³-hybridized carbons (Fsp3) is 0. The molecule has 28 heavy (non-hydrogen) atoms. The number of halogens is 1. The van der Waals surface area contributed by atoms with Crippen molar-refractivity contribution >= 4 is 39.3 Å². The van der Waals surface area contributed by atoms with Crippen molar-refractivity contribution in [2.24, 2.45) is 0 Å². The van der Waals surface area contributed by atoms with E-state index in [-0.39, 0.29) is 17.0 Å². The van der Waals surface area contributed by atoms with Gasteiger partial charge < -0.3 is 10.1 Å². The van der Waals surface area contributed by atoms with E-state index in [9.17, 15) is 15.2 Å². The van der Waals surface area contributed by atoms with E-state index >= 15 is 0 Å². The summed E-state index contributed by atoms with van der Waals surface area (Å²) < 4.78 is 1.52. The summed E-state index contributed by atoms with van der Waals surface area (Å²) in [7, 11) is 0. The van der Waals surface area contributed by atoms with Crippen molar-refractivity contribution in [1.29, 1.82) is 5.26 Å². The first kappa shape index (κ1) is 16.2. The molecule has 0 atom stereocenters. The Kier molecular flexibility index (Phi) is 3.35. The number of H-pyrrole nitrogens is 1. The molecule has 0 saturated heterocycles. The van der Waals surface area contributed by atoms with Crippen LogP contribution < -0.4 is 5.56 Å². The van der Waals surface area contributed by atoms with Crippen LogP contribution in [0.15, 0.2) is 47.3 Å². The Hall–Kier alpha value is -3.96. The molecule has 0 radical (unpaired) electrons. The van der Waals surface area contributed by atoms with Crippen LogP contribution in [0, 0.1) is 11.3 Å². The maximum Gasteiger partial charge on any atom is 0.268 e. The van der Waals surface area contributed by atoms with E-state index < -0.39 is 5.56 Å². The summed E-state index contributed by atoms with van der Waals surface area (Å²) in [6.07, 6.45) is 0. The predicted octanol–water partition coefficient (Wildman–Crippen LogP) is 3.02. The van der Waals surface area contributed by atoms with Gasteiger partial charge in [0.25, 0.3) is 5.56 Å². The van der Waals surface area contributed by atoms with Crippen molar-refractivity contribution in [2.75, 3.05) is 0 Å². The summed E-state index contributed by atoms with van der Waals surface area (Å²) in [4.78, 5) is 15.1. The molecule has 0 spiro atoms. The first-order chi connectivity index (χ1) is 13.6. The lowest BCUT2D eigenvalue weighted by Gasteiger charge is -2.07. The molecule has 0 bridgehead atoms. The Bertz CT molecular complexity index is 1530. The third-order valence-corrected chi connectivity index (χ3v) is 4.84. The van der Waals surface area contributed by atoms with E-state index in [2.05, 4.69) is 20.3 Å². The SMILES string of the molecule is N#Cc1c(-c2ccccc2Cl)c2c(nn3c4ccc(O)cc4nnc23)[nH]c1=O. The molecule has 9 heteroatoms. The zero-order valence-corrected chi connectivity index (χ0v) is 14.8. The van der Waals surface area contributed by atoms with E-state index in [4.69, 9.17) is 11.6 Å². The van der Waals surface area contributed by atoms with Gasteiger partial charge in [0, 0.05) is 22.2 Å². The standard InChI is InChI=1S/C19H9ClN6O2/c20-12-4-2-1-3-10(12)15-11(8-21)19(28)22-17-16(15)18-24-23-13-7-9(27)5-6-14(13)26(18)25-17/h1-7,27H,(H,22,25,28). The quantitative estimate of drug-likeness (QED) is 0.455. The summed E-state index contributed by atoms with van der Waals surface area (Å²) in [6.45, 7) is 0. The Morgan fingerprint density at radius 3 is 2.79 bits per heavy atom. The highest BCUT2D eigenvalue weighted by Crippen LogP contribution is 2.36. The second-order valence-electron chi connectivity index (χ2n) is 6.13. The van der Waals surface area contributed by atoms with E-state index in [0.29, 0.717) is 38.2 Å². The molecular formula is C19H9ClN6O2. The summed E-state index contributed by atoms with van der Waals surface area (Å²) in [5.74, 6) is 0.0507. The van der Waals surface area contributed by atoms with Crippen molar-refractivity contribution in [3.63, 3.8) is 0 Å². The number of hydrogen-bond acceptors (Lipinski definition) is 6. The maximum atomic E-state index is 12.5. The van der Waals surface area contributed by atoms with Gasteiger partial charge in [0.1, 0.15) is 22.9 Å². The minimum Gasteiger partial charge on any atom is -0.508 e. The van der Waals surface area contributed by atoms with Crippen LogP contribution in [0.2, 0.25) is 5.02 Å². The van der Waals surface area contributed by atoms with Gasteiger partial charge in [-0.05, 0) is 18.2 Å². The summed E-state index contributed by atoms with van der Waals surface area (Å²) in [5, 5.41) is 33.0. The number of pyridine rings is 1. The molecule has 2 N–H and O–H groups in total. The van der Waals surface area contributed by atoms with Gasteiger partial charge in [-0.15, -0.1) is 15.3 Å². The minimum absolute atomic E-state index is 0.0507. The van der Waals surface area contributed by atoms with Crippen LogP contribution in [-0.2, 0) is 0 Å². The number of nitriles is 1. The normalized spacial score (nSPS) is 11.3. The van der Waals surface area contributed by atoms with Crippen LogP contribution in [0.1, 0.15) is 5.56 Å². The van der Waals surface area contributed by atoms with Gasteiger partial charge in [-0.2, -0.15) is 5.26 Å². The Morgan fingerprint density at radius 1 is 1.18 bits per heavy atom. The fourth-order valence-electron chi connectivity index (χ4n) is 3.31. The van der Waals surface area contributed by atoms with Gasteiger partial charge in [0.2, 0.25) is 0 Å². The predicted molar refractivity (Wildman–Crippen MR) is 103 cm³/mol. The molecule has 3 heterocycles. The van der Waals surface area contributed by atoms with Gasteiger partial charge in [-0.3, -0.25) is 4.79 Å². The van der Waals surface area contributed by atoms with Crippen molar-refractivity contribution in [3.8, 4) is 22.9 Å². The molecule has 0 amide bonds. The molecule has 134 valence electrons. The van der Waals surface area contributed by atoms with Crippen LogP contribution in [0.3, 0.4) is 0 Å². The summed E-state index contributed by atoms with van der Waals surface area (Å²) in [5.41, 5.74) is 1.87. The molecular weight excluding hydrogens is 380 g/mol. The number of hydrogen-bond donors (Lipinski definition) is 2. The third-order valence-electron chi connectivity index (χ3n) is 4.51. The highest BCUT2D eigenvalue weighted by Gasteiger charge is 2.22. The van der Waals surface area contributed by atoms with Crippen molar-refractivity contribution in [1.82, 2.24) is 24.8 Å². The first-order valence-corrected chi connectivity index (χ1v) is 8.55. The van der Waals surface area contributed by atoms with Gasteiger partial charge in [0.15, 0.2) is 11.3 Å². The average molecular weight is 389 g/mol. The van der Waals surface area contributed by atoms with Crippen molar-refractivity contribution in [2.45, 2.75) is 0 Å². The fourth-order valence-corrected chi connectivity index (χ4v) is 3.54. The van der Waals surface area contributed by atoms with Crippen LogP contribution in [0.4, 0.5) is 0 Å². The smallest absolute Gasteiger partial charge is 0.268 e. The number of nitrogens with one attached hydrogen (secondary N) is 1. The van der Waals surface area contributed by atoms with E-state index in [1.54, 1.807) is 30.3 Å². The number of aromatic amines is 1. The number of rotatable bonds is 1. The molecule has 0 unspecified atom stereocenters. The topological polar surface area (TPSA) is 120 Å². The van der Waals surface area contributed by atoms with Crippen LogP contribution in [-0.4, -0.2) is 29.9 Å². The molecule has 0 aliphatic rings. The Morgan fingerprint density at radius 2 is 2.00 bits per heavy atom. The highest BCUT2D eigenvalue weighted by atomic mass is 35.5. The van der Waals surface area contributed by atoms with Gasteiger partial charge in [0.05, 0.1) is 10.9 Å². The van der Waals surface area contributed by atoms with Gasteiger partial charge in [-0.25, -0.2) is 4.52 Å². The number of aromatic hydroxyl groups is 1. The van der Waals surface area contributed by atoms with Crippen LogP contribution in [0.5, 0.6) is 5.75 Å². The van der Waals surface area contributed by atoms with Crippen LogP contribution >= 0.6 is 11.6 Å². The largest absolute Gasteiger partial charge is 0.508 e. The van der Waals surface area contributed by atoms with Crippen LogP contribution in [0.25, 0.3) is 38.8 Å². The maximum absolute atomic E-state index is 12.5. The van der Waals surface area contributed by atoms with E-state index in [0.717, 1.165) is 0 Å². The number of phenols is 1. The lowest BCUT2D eigenvalue weighted by molar-refractivity contribution is 0.476. The number of phenolic OH excluding ortho intramolecular Hbond substituents is 1. The number of aromatic nitrogens is 5. The van der Waals surface area contributed by atoms with Gasteiger partial charge in [-0.1, -0.05) is 29.8 Å². The number of benzene rings is 2. The lowest BCUT2D eigenvalue weighted by Crippen LogP contribution is -2.12. The van der Waals surface area contributed by atoms with Gasteiger partial charge >= 0.3 is 0 Å². The molecule has 8 nitrogen and oxygen atoms in total. The molecule has 5 aromatic rings.